The summed E-state index contributed by atoms with van der Waals surface area (Å²) in [7, 11) is 2.13. The van der Waals surface area contributed by atoms with Crippen LogP contribution in [0.3, 0.4) is 0 Å². The zero-order chi connectivity index (χ0) is 12.4. The fourth-order valence-corrected chi connectivity index (χ4v) is 3.84. The molecule has 0 saturated heterocycles. The van der Waals surface area contributed by atoms with Gasteiger partial charge in [0.15, 0.2) is 0 Å². The summed E-state index contributed by atoms with van der Waals surface area (Å²) in [5, 5.41) is 1.52. The third-order valence-electron chi connectivity index (χ3n) is 3.24. The summed E-state index contributed by atoms with van der Waals surface area (Å²) in [4.78, 5) is 3.03. The molecule has 1 aromatic rings. The summed E-state index contributed by atoms with van der Waals surface area (Å²) in [6.45, 7) is 1.94. The third kappa shape index (κ3) is 3.60. The molecule has 0 unspecified atom stereocenters. The van der Waals surface area contributed by atoms with Gasteiger partial charge < -0.3 is 4.90 Å². The minimum Gasteiger partial charge on any atom is -0.302 e. The van der Waals surface area contributed by atoms with E-state index in [-0.39, 0.29) is 0 Å². The van der Waals surface area contributed by atoms with Crippen LogP contribution in [-0.2, 0) is 6.54 Å². The Bertz CT molecular complexity index is 371. The van der Waals surface area contributed by atoms with Gasteiger partial charge in [-0.05, 0) is 37.9 Å². The molecule has 0 atom stereocenters. The van der Waals surface area contributed by atoms with E-state index in [2.05, 4.69) is 27.9 Å². The average molecular weight is 337 g/mol. The number of halogens is 3. The summed E-state index contributed by atoms with van der Waals surface area (Å²) >= 11 is 15.9. The van der Waals surface area contributed by atoms with Crippen molar-refractivity contribution in [2.45, 2.75) is 24.2 Å². The highest BCUT2D eigenvalue weighted by Gasteiger charge is 2.27. The van der Waals surface area contributed by atoms with Crippen molar-refractivity contribution in [3.8, 4) is 0 Å². The van der Waals surface area contributed by atoms with Gasteiger partial charge in [-0.1, -0.05) is 45.2 Å². The normalized spacial score (nSPS) is 23.8. The summed E-state index contributed by atoms with van der Waals surface area (Å²) in [5.41, 5.74) is 1.04. The van der Waals surface area contributed by atoms with Crippen molar-refractivity contribution in [1.82, 2.24) is 4.90 Å². The van der Waals surface area contributed by atoms with Crippen LogP contribution >= 0.6 is 39.1 Å². The van der Waals surface area contributed by atoms with Crippen LogP contribution in [0, 0.1) is 5.92 Å². The van der Waals surface area contributed by atoms with E-state index in [1.54, 1.807) is 0 Å². The molecule has 1 aliphatic rings. The Balaban J connectivity index is 1.91. The first-order chi connectivity index (χ1) is 8.06. The molecule has 0 aromatic heterocycles. The Morgan fingerprint density at radius 1 is 1.29 bits per heavy atom. The van der Waals surface area contributed by atoms with Crippen LogP contribution in [0.15, 0.2) is 18.2 Å². The van der Waals surface area contributed by atoms with Crippen LogP contribution in [0.2, 0.25) is 10.0 Å². The quantitative estimate of drug-likeness (QED) is 0.726. The van der Waals surface area contributed by atoms with Crippen molar-refractivity contribution >= 4 is 39.1 Å². The first kappa shape index (κ1) is 13.7. The predicted octanol–water partition coefficient (Wildman–Crippen LogP) is 4.60. The van der Waals surface area contributed by atoms with Crippen molar-refractivity contribution in [3.63, 3.8) is 0 Å². The van der Waals surface area contributed by atoms with E-state index in [0.29, 0.717) is 0 Å². The van der Waals surface area contributed by atoms with Gasteiger partial charge in [-0.25, -0.2) is 0 Å². The molecule has 0 N–H and O–H groups in total. The van der Waals surface area contributed by atoms with Crippen molar-refractivity contribution in [2.75, 3.05) is 13.6 Å². The van der Waals surface area contributed by atoms with Crippen LogP contribution < -0.4 is 0 Å². The Kier molecular flexibility index (Phi) is 4.76. The Morgan fingerprint density at radius 3 is 2.41 bits per heavy atom. The molecular formula is C13H16BrCl2N. The smallest absolute Gasteiger partial charge is 0.0465 e. The maximum atomic E-state index is 6.16. The lowest BCUT2D eigenvalue weighted by atomic mass is 9.85. The molecule has 94 valence electrons. The van der Waals surface area contributed by atoms with Gasteiger partial charge in [0.25, 0.3) is 0 Å². The second kappa shape index (κ2) is 5.92. The predicted molar refractivity (Wildman–Crippen MR) is 78.2 cm³/mol. The summed E-state index contributed by atoms with van der Waals surface area (Å²) in [6, 6.07) is 5.68. The highest BCUT2D eigenvalue weighted by atomic mass is 79.9. The Hall–Kier alpha value is 0.240. The molecule has 1 fully saturated rings. The van der Waals surface area contributed by atoms with Crippen molar-refractivity contribution < 1.29 is 0 Å². The van der Waals surface area contributed by atoms with Gasteiger partial charge in [0.1, 0.15) is 0 Å². The zero-order valence-corrected chi connectivity index (χ0v) is 12.9. The fraction of sp³-hybridized carbons (Fsp3) is 0.538. The lowest BCUT2D eigenvalue weighted by Crippen LogP contribution is -2.34. The topological polar surface area (TPSA) is 3.24 Å². The number of alkyl halides is 1. The third-order valence-corrected chi connectivity index (χ3v) is 4.69. The minimum atomic E-state index is 0.727. The molecule has 0 spiro atoms. The molecule has 2 rings (SSSR count). The largest absolute Gasteiger partial charge is 0.302 e. The summed E-state index contributed by atoms with van der Waals surface area (Å²) < 4.78 is 0. The van der Waals surface area contributed by atoms with Crippen molar-refractivity contribution in [1.29, 1.82) is 0 Å². The van der Waals surface area contributed by atoms with E-state index >= 15 is 0 Å². The molecule has 0 bridgehead atoms. The Labute approximate surface area is 121 Å². The lowest BCUT2D eigenvalue weighted by molar-refractivity contribution is 0.208. The lowest BCUT2D eigenvalue weighted by Gasteiger charge is -2.34. The maximum absolute atomic E-state index is 6.16. The molecule has 1 aromatic carbocycles. The van der Waals surface area contributed by atoms with E-state index in [1.165, 1.54) is 12.8 Å². The number of rotatable bonds is 4. The summed E-state index contributed by atoms with van der Waals surface area (Å²) in [5.74, 6) is 0.811. The van der Waals surface area contributed by atoms with E-state index in [4.69, 9.17) is 23.2 Å². The van der Waals surface area contributed by atoms with Crippen LogP contribution in [-0.4, -0.2) is 23.3 Å². The maximum Gasteiger partial charge on any atom is 0.0465 e. The molecule has 0 amide bonds. The molecule has 1 saturated carbocycles. The second-order valence-electron chi connectivity index (χ2n) is 4.83. The Morgan fingerprint density at radius 2 is 1.88 bits per heavy atom. The van der Waals surface area contributed by atoms with Gasteiger partial charge in [-0.3, -0.25) is 0 Å². The molecule has 1 aliphatic carbocycles. The molecular weight excluding hydrogens is 321 g/mol. The molecule has 4 heteroatoms. The standard InChI is InChI=1S/C13H16BrCl2N/c1-17(7-9-5-10(14)6-9)8-11-12(15)3-2-4-13(11)16/h2-4,9-10H,5-8H2,1H3. The summed E-state index contributed by atoms with van der Waals surface area (Å²) in [6.07, 6.45) is 2.56. The highest BCUT2D eigenvalue weighted by Crippen LogP contribution is 2.34. The van der Waals surface area contributed by atoms with E-state index < -0.39 is 0 Å². The molecule has 0 radical (unpaired) electrons. The molecule has 17 heavy (non-hydrogen) atoms. The average Bonchev–Trinajstić information content (AvgIpc) is 2.21. The number of hydrogen-bond acceptors (Lipinski definition) is 1. The monoisotopic (exact) mass is 335 g/mol. The van der Waals surface area contributed by atoms with E-state index in [9.17, 15) is 0 Å². The molecule has 0 heterocycles. The zero-order valence-electron chi connectivity index (χ0n) is 9.80. The number of nitrogens with zero attached hydrogens (tertiary/aromatic N) is 1. The second-order valence-corrected chi connectivity index (χ2v) is 6.94. The van der Waals surface area contributed by atoms with E-state index in [0.717, 1.165) is 39.4 Å². The van der Waals surface area contributed by atoms with Crippen molar-refractivity contribution in [2.24, 2.45) is 5.92 Å². The van der Waals surface area contributed by atoms with Gasteiger partial charge in [0, 0.05) is 33.5 Å². The van der Waals surface area contributed by atoms with Gasteiger partial charge in [-0.2, -0.15) is 0 Å². The van der Waals surface area contributed by atoms with Gasteiger partial charge >= 0.3 is 0 Å². The first-order valence-electron chi connectivity index (χ1n) is 5.81. The molecule has 0 aliphatic heterocycles. The van der Waals surface area contributed by atoms with Crippen LogP contribution in [0.4, 0.5) is 0 Å². The van der Waals surface area contributed by atoms with E-state index in [1.807, 2.05) is 18.2 Å². The van der Waals surface area contributed by atoms with Crippen LogP contribution in [0.1, 0.15) is 18.4 Å². The SMILES string of the molecule is CN(Cc1c(Cl)cccc1Cl)CC1CC(Br)C1. The van der Waals surface area contributed by atoms with Crippen molar-refractivity contribution in [3.05, 3.63) is 33.8 Å². The fourth-order valence-electron chi connectivity index (χ4n) is 2.26. The first-order valence-corrected chi connectivity index (χ1v) is 7.49. The number of benzene rings is 1. The van der Waals surface area contributed by atoms with Gasteiger partial charge in [0.2, 0.25) is 0 Å². The van der Waals surface area contributed by atoms with Gasteiger partial charge in [0.05, 0.1) is 0 Å². The number of hydrogen-bond donors (Lipinski definition) is 0. The van der Waals surface area contributed by atoms with Gasteiger partial charge in [-0.15, -0.1) is 0 Å². The highest BCUT2D eigenvalue weighted by molar-refractivity contribution is 9.09. The van der Waals surface area contributed by atoms with Crippen LogP contribution in [0.25, 0.3) is 0 Å². The molecule has 1 nitrogen and oxygen atoms in total. The van der Waals surface area contributed by atoms with Crippen LogP contribution in [0.5, 0.6) is 0 Å². The minimum absolute atomic E-state index is 0.727.